The third-order valence-electron chi connectivity index (χ3n) is 7.20. The Morgan fingerprint density at radius 3 is 2.55 bits per heavy atom. The van der Waals surface area contributed by atoms with E-state index >= 15 is 8.78 Å². The third kappa shape index (κ3) is 5.73. The summed E-state index contributed by atoms with van der Waals surface area (Å²) in [4.78, 5) is 24.7. The van der Waals surface area contributed by atoms with Crippen LogP contribution in [0.25, 0.3) is 26.4 Å². The number of aromatic nitrogens is 3. The summed E-state index contributed by atoms with van der Waals surface area (Å²) in [6.07, 6.45) is 0.727. The predicted molar refractivity (Wildman–Crippen MR) is 153 cm³/mol. The van der Waals surface area contributed by atoms with Gasteiger partial charge in [0.05, 0.1) is 37.5 Å². The predicted octanol–water partition coefficient (Wildman–Crippen LogP) is 7.01. The van der Waals surface area contributed by atoms with E-state index in [4.69, 9.17) is 20.8 Å². The lowest BCUT2D eigenvalue weighted by Gasteiger charge is -2.27. The fourth-order valence-corrected chi connectivity index (χ4v) is 5.74. The molecule has 5 aromatic rings. The van der Waals surface area contributed by atoms with Crippen molar-refractivity contribution < 1.29 is 36.6 Å². The Hall–Kier alpha value is -4.80. The van der Waals surface area contributed by atoms with Crippen LogP contribution in [0, 0.1) is 29.8 Å². The van der Waals surface area contributed by atoms with E-state index in [2.05, 4.69) is 14.8 Å². The first kappa shape index (κ1) is 29.3. The number of hydrogen-bond acceptors (Lipinski definition) is 7. The molecule has 0 N–H and O–H groups in total. The second kappa shape index (κ2) is 12.1. The highest BCUT2D eigenvalue weighted by atomic mass is 32.1. The molecule has 0 spiro atoms. The van der Waals surface area contributed by atoms with E-state index in [1.807, 2.05) is 4.57 Å². The number of imidazole rings is 1. The molecule has 0 saturated carbocycles. The van der Waals surface area contributed by atoms with Gasteiger partial charge < -0.3 is 18.8 Å². The second-order valence-corrected chi connectivity index (χ2v) is 11.0. The molecule has 13 heteroatoms. The van der Waals surface area contributed by atoms with Gasteiger partial charge in [0.15, 0.2) is 11.5 Å². The number of rotatable bonds is 9. The van der Waals surface area contributed by atoms with Gasteiger partial charge in [0.25, 0.3) is 5.88 Å². The summed E-state index contributed by atoms with van der Waals surface area (Å²) in [5.74, 6) is -3.66. The maximum atomic E-state index is 15.4. The van der Waals surface area contributed by atoms with Crippen molar-refractivity contribution in [2.45, 2.75) is 32.1 Å². The minimum Gasteiger partial charge on any atom is -0.471 e. The minimum atomic E-state index is -0.873. The van der Waals surface area contributed by atoms with Crippen molar-refractivity contribution in [2.24, 2.45) is 0 Å². The molecule has 1 saturated heterocycles. The molecule has 0 amide bonds. The van der Waals surface area contributed by atoms with Crippen molar-refractivity contribution in [3.8, 4) is 17.1 Å². The van der Waals surface area contributed by atoms with Gasteiger partial charge in [-0.05, 0) is 48.4 Å². The lowest BCUT2D eigenvalue weighted by molar-refractivity contribution is -0.0589. The Bertz CT molecular complexity index is 1950. The van der Waals surface area contributed by atoms with Crippen LogP contribution >= 0.6 is 11.3 Å². The van der Waals surface area contributed by atoms with E-state index in [-0.39, 0.29) is 40.6 Å². The number of methoxy groups -OCH3 is 1. The number of fused-ring (bicyclic) bond motifs is 1. The number of carbonyl (C=O) groups excluding carboxylic acids is 1. The van der Waals surface area contributed by atoms with Crippen molar-refractivity contribution >= 4 is 33.3 Å². The molecular weight excluding hydrogens is 600 g/mol. The molecule has 224 valence electrons. The third-order valence-corrected chi connectivity index (χ3v) is 8.20. The maximum Gasteiger partial charge on any atom is 0.348 e. The van der Waals surface area contributed by atoms with Crippen LogP contribution < -0.4 is 4.74 Å². The second-order valence-electron chi connectivity index (χ2n) is 9.97. The number of nitrogens with zero attached hydrogens (tertiary/aromatic N) is 4. The molecule has 6 rings (SSSR count). The molecule has 1 atom stereocenters. The van der Waals surface area contributed by atoms with Crippen molar-refractivity contribution in [3.05, 3.63) is 105 Å². The molecule has 44 heavy (non-hydrogen) atoms. The Labute approximate surface area is 252 Å². The summed E-state index contributed by atoms with van der Waals surface area (Å²) < 4.78 is 77.1. The standard InChI is InChI=1S/C31H22F4N4O4S/c1-36-18-4-3-16(22(33)11-18)15-43-29-21(32)5-6-25(37-29)20-12-23(34)17(9-24(20)35)10-28-38-30-26(13-27(44-30)31(40)41-2)39(28)14-19-7-8-42-19/h3-6,9,11-13,19H,7-8,10,14-15H2,2H3/t19-/m0/s1. The lowest BCUT2D eigenvalue weighted by atomic mass is 10.0. The van der Waals surface area contributed by atoms with E-state index in [1.165, 1.54) is 25.3 Å². The van der Waals surface area contributed by atoms with Crippen molar-refractivity contribution in [3.63, 3.8) is 0 Å². The highest BCUT2D eigenvalue weighted by Gasteiger charge is 2.25. The summed E-state index contributed by atoms with van der Waals surface area (Å²) >= 11 is 1.14. The van der Waals surface area contributed by atoms with Gasteiger partial charge in [0.2, 0.25) is 0 Å². The first-order valence-electron chi connectivity index (χ1n) is 13.4. The summed E-state index contributed by atoms with van der Waals surface area (Å²) in [6.45, 7) is 7.62. The first-order chi connectivity index (χ1) is 21.2. The van der Waals surface area contributed by atoms with Crippen LogP contribution in [-0.2, 0) is 29.0 Å². The summed E-state index contributed by atoms with van der Waals surface area (Å²) in [5.41, 5.74) is 0.552. The number of benzene rings is 2. The smallest absolute Gasteiger partial charge is 0.348 e. The van der Waals surface area contributed by atoms with Gasteiger partial charge in [-0.2, -0.15) is 0 Å². The fraction of sp³-hybridized carbons (Fsp3) is 0.226. The average Bonchev–Trinajstić information content (AvgIpc) is 3.54. The van der Waals surface area contributed by atoms with Crippen molar-refractivity contribution in [2.75, 3.05) is 13.7 Å². The molecule has 0 unspecified atom stereocenters. The number of hydrogen-bond donors (Lipinski definition) is 0. The Balaban J connectivity index is 1.26. The highest BCUT2D eigenvalue weighted by Crippen LogP contribution is 2.32. The van der Waals surface area contributed by atoms with E-state index < -0.39 is 41.7 Å². The van der Waals surface area contributed by atoms with E-state index in [0.717, 1.165) is 42.0 Å². The molecular formula is C31H22F4N4O4S. The number of esters is 1. The van der Waals surface area contributed by atoms with Gasteiger partial charge in [0, 0.05) is 24.2 Å². The van der Waals surface area contributed by atoms with Gasteiger partial charge in [0.1, 0.15) is 39.6 Å². The summed E-state index contributed by atoms with van der Waals surface area (Å²) in [7, 11) is 1.29. The molecule has 3 aromatic heterocycles. The van der Waals surface area contributed by atoms with Crippen LogP contribution in [0.3, 0.4) is 0 Å². The van der Waals surface area contributed by atoms with Crippen LogP contribution in [0.4, 0.5) is 23.2 Å². The highest BCUT2D eigenvalue weighted by molar-refractivity contribution is 7.20. The molecule has 0 aliphatic carbocycles. The maximum absolute atomic E-state index is 15.4. The first-order valence-corrected chi connectivity index (χ1v) is 14.2. The van der Waals surface area contributed by atoms with Gasteiger partial charge in [-0.25, -0.2) is 37.2 Å². The van der Waals surface area contributed by atoms with Crippen LogP contribution in [0.5, 0.6) is 5.88 Å². The number of halogens is 4. The van der Waals surface area contributed by atoms with E-state index in [0.29, 0.717) is 34.2 Å². The van der Waals surface area contributed by atoms with Crippen molar-refractivity contribution in [1.29, 1.82) is 0 Å². The molecule has 1 fully saturated rings. The topological polar surface area (TPSA) is 79.8 Å². The van der Waals surface area contributed by atoms with E-state index in [1.54, 1.807) is 6.07 Å². The van der Waals surface area contributed by atoms with Gasteiger partial charge in [-0.1, -0.05) is 12.1 Å². The molecule has 1 aliphatic rings. The Kier molecular flexibility index (Phi) is 8.03. The molecule has 0 radical (unpaired) electrons. The minimum absolute atomic E-state index is 0.0322. The number of thiophene rings is 1. The number of carbonyl (C=O) groups is 1. The zero-order valence-electron chi connectivity index (χ0n) is 23.1. The van der Waals surface area contributed by atoms with Crippen LogP contribution in [0.1, 0.15) is 33.0 Å². The van der Waals surface area contributed by atoms with Crippen LogP contribution in [-0.4, -0.2) is 40.3 Å². The summed E-state index contributed by atoms with van der Waals surface area (Å²) in [5, 5.41) is 0. The summed E-state index contributed by atoms with van der Waals surface area (Å²) in [6, 6.07) is 9.61. The van der Waals surface area contributed by atoms with Gasteiger partial charge >= 0.3 is 5.97 Å². The number of pyridine rings is 1. The van der Waals surface area contributed by atoms with Crippen LogP contribution in [0.2, 0.25) is 0 Å². The largest absolute Gasteiger partial charge is 0.471 e. The quantitative estimate of drug-likeness (QED) is 0.1000. The fourth-order valence-electron chi connectivity index (χ4n) is 4.77. The monoisotopic (exact) mass is 622 g/mol. The zero-order chi connectivity index (χ0) is 31.0. The average molecular weight is 623 g/mol. The molecule has 2 aromatic carbocycles. The van der Waals surface area contributed by atoms with Gasteiger partial charge in [-0.3, -0.25) is 0 Å². The Morgan fingerprint density at radius 2 is 1.84 bits per heavy atom. The van der Waals surface area contributed by atoms with Crippen molar-refractivity contribution in [1.82, 2.24) is 14.5 Å². The molecule has 0 bridgehead atoms. The normalized spacial score (nSPS) is 14.3. The van der Waals surface area contributed by atoms with Crippen LogP contribution in [0.15, 0.2) is 48.5 Å². The zero-order valence-corrected chi connectivity index (χ0v) is 23.9. The van der Waals surface area contributed by atoms with E-state index in [9.17, 15) is 13.6 Å². The molecule has 4 heterocycles. The Morgan fingerprint density at radius 1 is 1.05 bits per heavy atom. The molecule has 8 nitrogen and oxygen atoms in total. The lowest BCUT2D eigenvalue weighted by Crippen LogP contribution is -2.31. The SMILES string of the molecule is [C-]#[N+]c1ccc(COc2nc(-c3cc(F)c(Cc4nc5sc(C(=O)OC)cc5n4C[C@@H]4CCO4)cc3F)ccc2F)c(F)c1. The number of ether oxygens (including phenoxy) is 3. The molecule has 1 aliphatic heterocycles. The van der Waals surface area contributed by atoms with Gasteiger partial charge in [-0.15, -0.1) is 11.3 Å².